The van der Waals surface area contributed by atoms with E-state index < -0.39 is 27.4 Å². The second kappa shape index (κ2) is 5.56. The van der Waals surface area contributed by atoms with E-state index in [0.29, 0.717) is 22.5 Å². The molecule has 2 aromatic rings. The quantitative estimate of drug-likeness (QED) is 0.841. The molecule has 0 fully saturated rings. The average Bonchev–Trinajstić information content (AvgIpc) is 3.11. The molecule has 0 radical (unpaired) electrons. The summed E-state index contributed by atoms with van der Waals surface area (Å²) in [6.45, 7) is 3.44. The fourth-order valence-corrected chi connectivity index (χ4v) is 5.34. The van der Waals surface area contributed by atoms with Crippen LogP contribution in [0, 0.1) is 0 Å². The molecule has 2 heterocycles. The van der Waals surface area contributed by atoms with Crippen LogP contribution in [-0.2, 0) is 31.4 Å². The molecule has 2 aromatic carbocycles. The first-order chi connectivity index (χ1) is 12.6. The van der Waals surface area contributed by atoms with Crippen molar-refractivity contribution in [2.45, 2.75) is 36.6 Å². The number of nitrogens with zero attached hydrogens (tertiary/aromatic N) is 1. The van der Waals surface area contributed by atoms with Crippen LogP contribution in [-0.4, -0.2) is 31.4 Å². The normalized spacial score (nSPS) is 20.1. The molecule has 8 heteroatoms. The lowest BCUT2D eigenvalue weighted by Gasteiger charge is -2.25. The predicted molar refractivity (Wildman–Crippen MR) is 99.3 cm³/mol. The van der Waals surface area contributed by atoms with Gasteiger partial charge in [0.05, 0.1) is 16.0 Å². The Hall–Kier alpha value is -2.87. The molecule has 1 amide bonds. The summed E-state index contributed by atoms with van der Waals surface area (Å²) in [5.74, 6) is -1.41. The highest BCUT2D eigenvalue weighted by molar-refractivity contribution is 7.93. The molecule has 0 saturated heterocycles. The number of para-hydroxylation sites is 1. The lowest BCUT2D eigenvalue weighted by molar-refractivity contribution is -0.138. The van der Waals surface area contributed by atoms with Crippen LogP contribution in [0.5, 0.6) is 0 Å². The number of amides is 1. The Labute approximate surface area is 156 Å². The minimum atomic E-state index is -4.12. The van der Waals surface area contributed by atoms with Gasteiger partial charge in [0.2, 0.25) is 5.91 Å². The number of carboxylic acid groups (broad SMARTS) is 1. The van der Waals surface area contributed by atoms with Crippen molar-refractivity contribution >= 4 is 33.3 Å². The fourth-order valence-electron chi connectivity index (χ4n) is 3.67. The molecule has 7 nitrogen and oxygen atoms in total. The van der Waals surface area contributed by atoms with Crippen molar-refractivity contribution in [1.82, 2.24) is 0 Å². The van der Waals surface area contributed by atoms with Gasteiger partial charge >= 0.3 is 5.97 Å². The third kappa shape index (κ3) is 2.43. The largest absolute Gasteiger partial charge is 0.480 e. The van der Waals surface area contributed by atoms with E-state index in [1.165, 1.54) is 12.1 Å². The number of aliphatic carboxylic acids is 1. The number of rotatable bonds is 3. The summed E-state index contributed by atoms with van der Waals surface area (Å²) in [5, 5.41) is 12.3. The topological polar surface area (TPSA) is 104 Å². The molecule has 2 aliphatic rings. The van der Waals surface area contributed by atoms with Crippen molar-refractivity contribution in [2.24, 2.45) is 0 Å². The van der Waals surface area contributed by atoms with Gasteiger partial charge in [0.15, 0.2) is 0 Å². The summed E-state index contributed by atoms with van der Waals surface area (Å²) < 4.78 is 27.7. The Balaban J connectivity index is 1.86. The monoisotopic (exact) mass is 386 g/mol. The Bertz CT molecular complexity index is 1090. The molecule has 4 rings (SSSR count). The summed E-state index contributed by atoms with van der Waals surface area (Å²) in [6.07, 6.45) is 0.112. The zero-order valence-corrected chi connectivity index (χ0v) is 15.6. The van der Waals surface area contributed by atoms with Crippen molar-refractivity contribution in [2.75, 3.05) is 9.62 Å². The smallest absolute Gasteiger partial charge is 0.327 e. The highest BCUT2D eigenvalue weighted by Gasteiger charge is 2.44. The lowest BCUT2D eigenvalue weighted by Crippen LogP contribution is -2.42. The maximum absolute atomic E-state index is 13.4. The van der Waals surface area contributed by atoms with Crippen LogP contribution < -0.4 is 9.62 Å². The van der Waals surface area contributed by atoms with E-state index in [4.69, 9.17) is 0 Å². The maximum atomic E-state index is 13.4. The van der Waals surface area contributed by atoms with Crippen LogP contribution in [0.4, 0.5) is 11.4 Å². The average molecular weight is 386 g/mol. The summed E-state index contributed by atoms with van der Waals surface area (Å²) >= 11 is 0. The Morgan fingerprint density at radius 3 is 2.63 bits per heavy atom. The van der Waals surface area contributed by atoms with Crippen LogP contribution in [0.15, 0.2) is 47.4 Å². The molecule has 0 spiro atoms. The molecule has 27 heavy (non-hydrogen) atoms. The minimum absolute atomic E-state index is 0.0335. The third-order valence-corrected chi connectivity index (χ3v) is 7.07. The van der Waals surface area contributed by atoms with Crippen molar-refractivity contribution in [3.05, 3.63) is 53.6 Å². The van der Waals surface area contributed by atoms with Gasteiger partial charge in [0.1, 0.15) is 6.04 Å². The summed E-state index contributed by atoms with van der Waals surface area (Å²) in [6, 6.07) is 9.98. The first-order valence-electron chi connectivity index (χ1n) is 8.45. The predicted octanol–water partition coefficient (Wildman–Crippen LogP) is 2.12. The number of nitrogens with one attached hydrogen (secondary N) is 1. The molecule has 1 atom stereocenters. The van der Waals surface area contributed by atoms with Gasteiger partial charge in [-0.05, 0) is 49.2 Å². The summed E-state index contributed by atoms with van der Waals surface area (Å²) in [7, 11) is -4.12. The Morgan fingerprint density at radius 1 is 1.22 bits per heavy atom. The summed E-state index contributed by atoms with van der Waals surface area (Å²) in [4.78, 5) is 23.8. The minimum Gasteiger partial charge on any atom is -0.480 e. The highest BCUT2D eigenvalue weighted by Crippen LogP contribution is 2.41. The lowest BCUT2D eigenvalue weighted by atomic mass is 9.86. The van der Waals surface area contributed by atoms with Gasteiger partial charge in [-0.3, -0.25) is 9.10 Å². The molecule has 0 aliphatic carbocycles. The zero-order chi connectivity index (χ0) is 19.6. The number of hydrogen-bond donors (Lipinski definition) is 2. The molecule has 2 N–H and O–H groups in total. The Kier molecular flexibility index (Phi) is 3.61. The van der Waals surface area contributed by atoms with Crippen molar-refractivity contribution in [3.8, 4) is 0 Å². The first-order valence-corrected chi connectivity index (χ1v) is 9.89. The van der Waals surface area contributed by atoms with Gasteiger partial charge in [-0.15, -0.1) is 0 Å². The number of fused-ring (bicyclic) bond motifs is 2. The number of carboxylic acids is 1. The van der Waals surface area contributed by atoms with E-state index in [1.807, 2.05) is 0 Å². The van der Waals surface area contributed by atoms with Crippen molar-refractivity contribution in [3.63, 3.8) is 0 Å². The van der Waals surface area contributed by atoms with Gasteiger partial charge in [-0.2, -0.15) is 0 Å². The second-order valence-corrected chi connectivity index (χ2v) is 9.09. The van der Waals surface area contributed by atoms with Crippen LogP contribution in [0.2, 0.25) is 0 Å². The highest BCUT2D eigenvalue weighted by atomic mass is 32.2. The zero-order valence-electron chi connectivity index (χ0n) is 14.8. The van der Waals surface area contributed by atoms with E-state index in [9.17, 15) is 23.1 Å². The van der Waals surface area contributed by atoms with Crippen LogP contribution in [0.25, 0.3) is 0 Å². The number of hydrogen-bond acceptors (Lipinski definition) is 4. The van der Waals surface area contributed by atoms with E-state index in [0.717, 1.165) is 4.31 Å². The van der Waals surface area contributed by atoms with Gasteiger partial charge in [-0.25, -0.2) is 13.2 Å². The number of carbonyl (C=O) groups excluding carboxylic acids is 1. The summed E-state index contributed by atoms with van der Waals surface area (Å²) in [5.41, 5.74) is 1.33. The number of benzene rings is 2. The molecule has 2 aliphatic heterocycles. The molecule has 0 bridgehead atoms. The number of anilines is 2. The number of carbonyl (C=O) groups is 2. The van der Waals surface area contributed by atoms with Crippen LogP contribution in [0.3, 0.4) is 0 Å². The second-order valence-electron chi connectivity index (χ2n) is 7.27. The molecule has 140 valence electrons. The molecule has 0 aromatic heterocycles. The SMILES string of the molecule is CC1(C)C(=O)Nc2ccc(S(=O)(=O)N3c4ccccc4C[C@H]3C(=O)O)cc21. The van der Waals surface area contributed by atoms with Gasteiger partial charge in [0.25, 0.3) is 10.0 Å². The maximum Gasteiger partial charge on any atom is 0.327 e. The molecule has 0 unspecified atom stereocenters. The van der Waals surface area contributed by atoms with E-state index >= 15 is 0 Å². The van der Waals surface area contributed by atoms with Crippen LogP contribution in [0.1, 0.15) is 25.0 Å². The van der Waals surface area contributed by atoms with Crippen LogP contribution >= 0.6 is 0 Å². The third-order valence-electron chi connectivity index (χ3n) is 5.25. The fraction of sp³-hybridized carbons (Fsp3) is 0.263. The molecular formula is C19H18N2O5S. The van der Waals surface area contributed by atoms with E-state index in [-0.39, 0.29) is 17.2 Å². The van der Waals surface area contributed by atoms with E-state index in [2.05, 4.69) is 5.32 Å². The standard InChI is InChI=1S/C19H18N2O5S/c1-19(2)13-10-12(7-8-14(13)20-18(19)24)27(25,26)21-15-6-4-3-5-11(15)9-16(21)17(22)23/h3-8,10,16H,9H2,1-2H3,(H,20,24)(H,22,23)/t16-/m0/s1. The van der Waals surface area contributed by atoms with Crippen molar-refractivity contribution < 1.29 is 23.1 Å². The first kappa shape index (κ1) is 17.5. The molecular weight excluding hydrogens is 368 g/mol. The number of sulfonamides is 1. The van der Waals surface area contributed by atoms with Gasteiger partial charge in [0, 0.05) is 12.1 Å². The van der Waals surface area contributed by atoms with Crippen molar-refractivity contribution in [1.29, 1.82) is 0 Å². The molecule has 0 saturated carbocycles. The van der Waals surface area contributed by atoms with E-state index in [1.54, 1.807) is 44.2 Å². The Morgan fingerprint density at radius 2 is 1.93 bits per heavy atom. The van der Waals surface area contributed by atoms with Gasteiger partial charge < -0.3 is 10.4 Å². The van der Waals surface area contributed by atoms with Gasteiger partial charge in [-0.1, -0.05) is 18.2 Å².